The first kappa shape index (κ1) is 44.1. The summed E-state index contributed by atoms with van der Waals surface area (Å²) >= 11 is 0. The summed E-state index contributed by atoms with van der Waals surface area (Å²) in [6.07, 6.45) is -12.1. The standard InChI is InChI=1S/C40H66O17/c1-17(52-35-31(48)29(46)27(44)24(15-41)55-35)21-10-13-40(50)23-7-6-19-14-20(8-11-38(19,3)22(23)9-12-39(21,40)4)54-37-34(51-5)33(26(43)18(2)53-37)57-36-32(49)30(47)28(45)25(16-42)56-36/h6,17-18,20-37,41-50H,7-16H2,1-5H3/t17-,18+,20-,21+,22-,23+,24+,25+,26-,27+,28+,29-,30-,31+,32+,33-,34+,35+,36-,37-,38-,39+,40-/m0/s1. The predicted octanol–water partition coefficient (Wildman–Crippen LogP) is -1.42. The molecule has 0 amide bonds. The van der Waals surface area contributed by atoms with Crippen molar-refractivity contribution in [3.8, 4) is 0 Å². The molecule has 7 aliphatic rings. The molecule has 6 fully saturated rings. The molecule has 57 heavy (non-hydrogen) atoms. The summed E-state index contributed by atoms with van der Waals surface area (Å²) in [6.45, 7) is 6.83. The molecule has 17 nitrogen and oxygen atoms in total. The first-order valence-electron chi connectivity index (χ1n) is 20.8. The highest BCUT2D eigenvalue weighted by atomic mass is 16.7. The molecular formula is C40H66O17. The fourth-order valence-electron chi connectivity index (χ4n) is 12.0. The van der Waals surface area contributed by atoms with Gasteiger partial charge in [0.15, 0.2) is 18.9 Å². The minimum absolute atomic E-state index is 0.00846. The number of rotatable bonds is 10. The van der Waals surface area contributed by atoms with Gasteiger partial charge in [-0.25, -0.2) is 0 Å². The van der Waals surface area contributed by atoms with Crippen LogP contribution < -0.4 is 0 Å². The summed E-state index contributed by atoms with van der Waals surface area (Å²) in [7, 11) is 1.43. The third kappa shape index (κ3) is 7.37. The average molecular weight is 819 g/mol. The molecule has 0 unspecified atom stereocenters. The molecule has 0 aromatic carbocycles. The van der Waals surface area contributed by atoms with Gasteiger partial charge in [-0.1, -0.05) is 25.5 Å². The molecule has 0 bridgehead atoms. The van der Waals surface area contributed by atoms with Crippen LogP contribution in [0.3, 0.4) is 0 Å². The molecule has 328 valence electrons. The Morgan fingerprint density at radius 1 is 0.719 bits per heavy atom. The lowest BCUT2D eigenvalue weighted by Gasteiger charge is -2.61. The predicted molar refractivity (Wildman–Crippen MR) is 196 cm³/mol. The Labute approximate surface area is 333 Å². The Hall–Kier alpha value is -0.940. The number of allylic oxidation sites excluding steroid dienone is 1. The second-order valence-electron chi connectivity index (χ2n) is 18.4. The van der Waals surface area contributed by atoms with E-state index in [1.165, 1.54) is 12.7 Å². The third-order valence-corrected chi connectivity index (χ3v) is 15.6. The van der Waals surface area contributed by atoms with Gasteiger partial charge in [-0.15, -0.1) is 0 Å². The van der Waals surface area contributed by atoms with Crippen molar-refractivity contribution in [3.05, 3.63) is 11.6 Å². The summed E-state index contributed by atoms with van der Waals surface area (Å²) in [5.41, 5.74) is -0.372. The Kier molecular flexibility index (Phi) is 13.0. The zero-order valence-electron chi connectivity index (χ0n) is 33.5. The molecule has 0 radical (unpaired) electrons. The van der Waals surface area contributed by atoms with E-state index in [1.54, 1.807) is 6.92 Å². The van der Waals surface area contributed by atoms with Gasteiger partial charge in [-0.2, -0.15) is 0 Å². The molecule has 0 aromatic rings. The van der Waals surface area contributed by atoms with Crippen molar-refractivity contribution in [2.24, 2.45) is 28.6 Å². The van der Waals surface area contributed by atoms with E-state index >= 15 is 0 Å². The molecule has 0 spiro atoms. The van der Waals surface area contributed by atoms with Crippen molar-refractivity contribution in [1.82, 2.24) is 0 Å². The van der Waals surface area contributed by atoms with Gasteiger partial charge in [0.25, 0.3) is 0 Å². The molecule has 3 heterocycles. The van der Waals surface area contributed by atoms with Crippen LogP contribution in [0.15, 0.2) is 11.6 Å². The smallest absolute Gasteiger partial charge is 0.187 e. The summed E-state index contributed by atoms with van der Waals surface area (Å²) in [4.78, 5) is 0. The van der Waals surface area contributed by atoms with Gasteiger partial charge in [0.1, 0.15) is 67.1 Å². The Morgan fingerprint density at radius 2 is 1.35 bits per heavy atom. The van der Waals surface area contributed by atoms with Crippen molar-refractivity contribution >= 4 is 0 Å². The van der Waals surface area contributed by atoms with E-state index in [1.807, 2.05) is 6.92 Å². The van der Waals surface area contributed by atoms with E-state index in [-0.39, 0.29) is 29.3 Å². The average Bonchev–Trinajstić information content (AvgIpc) is 3.47. The van der Waals surface area contributed by atoms with E-state index in [4.69, 9.17) is 33.2 Å². The SMILES string of the molecule is CO[C@H]1[C@H](O[C@H]2CC[C@@]3(C)C(=CC[C@@H]4[C@@H]3CC[C@]3(C)[C@@H]([C@H](C)O[C@@H]5O[C@H](CO)[C@@H](O)[C@H](O)[C@H]5O)CC[C@]43O)C2)O[C@H](C)[C@H](O)[C@@H]1O[C@@H]1O[C@H](CO)[C@@H](O)[C@H](O)[C@H]1O. The van der Waals surface area contributed by atoms with Gasteiger partial charge in [0.2, 0.25) is 0 Å². The van der Waals surface area contributed by atoms with Crippen molar-refractivity contribution in [3.63, 3.8) is 0 Å². The Morgan fingerprint density at radius 3 is 1.98 bits per heavy atom. The second-order valence-corrected chi connectivity index (χ2v) is 18.4. The molecule has 7 rings (SSSR count). The van der Waals surface area contributed by atoms with Crippen LogP contribution in [0.5, 0.6) is 0 Å². The van der Waals surface area contributed by atoms with Gasteiger partial charge in [0, 0.05) is 12.5 Å². The van der Waals surface area contributed by atoms with E-state index in [9.17, 15) is 51.1 Å². The third-order valence-electron chi connectivity index (χ3n) is 15.6. The van der Waals surface area contributed by atoms with Gasteiger partial charge in [-0.05, 0) is 88.4 Å². The highest BCUT2D eigenvalue weighted by Gasteiger charge is 2.67. The summed E-state index contributed by atoms with van der Waals surface area (Å²) in [5, 5.41) is 106. The summed E-state index contributed by atoms with van der Waals surface area (Å²) in [5.74, 6) is 0.159. The van der Waals surface area contributed by atoms with Crippen LogP contribution in [0.2, 0.25) is 0 Å². The molecule has 23 atom stereocenters. The van der Waals surface area contributed by atoms with Gasteiger partial charge >= 0.3 is 0 Å². The lowest BCUT2D eigenvalue weighted by Crippen LogP contribution is -2.64. The zero-order chi connectivity index (χ0) is 41.4. The maximum Gasteiger partial charge on any atom is 0.187 e. The fraction of sp³-hybridized carbons (Fsp3) is 0.950. The molecule has 4 aliphatic carbocycles. The van der Waals surface area contributed by atoms with Crippen LogP contribution in [0.25, 0.3) is 0 Å². The van der Waals surface area contributed by atoms with E-state index in [2.05, 4.69) is 19.9 Å². The summed E-state index contributed by atoms with van der Waals surface area (Å²) in [6, 6.07) is 0. The topological polar surface area (TPSA) is 267 Å². The molecule has 3 aliphatic heterocycles. The maximum absolute atomic E-state index is 12.8. The van der Waals surface area contributed by atoms with Crippen LogP contribution in [0.1, 0.15) is 79.1 Å². The molecule has 17 heteroatoms. The molecule has 3 saturated carbocycles. The van der Waals surface area contributed by atoms with Crippen LogP contribution in [-0.2, 0) is 33.2 Å². The molecule has 10 N–H and O–H groups in total. The quantitative estimate of drug-likeness (QED) is 0.113. The van der Waals surface area contributed by atoms with E-state index in [0.717, 1.165) is 19.3 Å². The molecule has 3 saturated heterocycles. The zero-order valence-corrected chi connectivity index (χ0v) is 33.5. The maximum atomic E-state index is 12.8. The minimum atomic E-state index is -1.66. The first-order valence-corrected chi connectivity index (χ1v) is 20.8. The van der Waals surface area contributed by atoms with E-state index in [0.29, 0.717) is 32.1 Å². The first-order chi connectivity index (χ1) is 26.9. The number of aliphatic hydroxyl groups is 10. The van der Waals surface area contributed by atoms with Crippen molar-refractivity contribution < 1.29 is 84.2 Å². The Bertz CT molecular complexity index is 1420. The number of fused-ring (bicyclic) bond motifs is 5. The normalized spacial score (nSPS) is 54.6. The number of aliphatic hydroxyl groups excluding tert-OH is 9. The minimum Gasteiger partial charge on any atom is -0.394 e. The van der Waals surface area contributed by atoms with Crippen molar-refractivity contribution in [2.45, 2.75) is 189 Å². The monoisotopic (exact) mass is 818 g/mol. The van der Waals surface area contributed by atoms with E-state index < -0.39 is 122 Å². The Balaban J connectivity index is 1.02. The molecular weight excluding hydrogens is 752 g/mol. The van der Waals surface area contributed by atoms with Crippen molar-refractivity contribution in [2.75, 3.05) is 20.3 Å². The van der Waals surface area contributed by atoms with Gasteiger partial charge in [-0.3, -0.25) is 0 Å². The van der Waals surface area contributed by atoms with Crippen LogP contribution in [0.4, 0.5) is 0 Å². The number of ether oxygens (including phenoxy) is 7. The number of hydrogen-bond donors (Lipinski definition) is 10. The van der Waals surface area contributed by atoms with Crippen LogP contribution >= 0.6 is 0 Å². The van der Waals surface area contributed by atoms with Crippen molar-refractivity contribution in [1.29, 1.82) is 0 Å². The number of hydrogen-bond acceptors (Lipinski definition) is 17. The lowest BCUT2D eigenvalue weighted by atomic mass is 9.45. The van der Waals surface area contributed by atoms with Gasteiger partial charge < -0.3 is 84.2 Å². The highest BCUT2D eigenvalue weighted by molar-refractivity contribution is 5.28. The van der Waals surface area contributed by atoms with Crippen LogP contribution in [0, 0.1) is 28.6 Å². The second kappa shape index (κ2) is 16.7. The lowest BCUT2D eigenvalue weighted by molar-refractivity contribution is -0.363. The molecule has 0 aromatic heterocycles. The largest absolute Gasteiger partial charge is 0.394 e. The highest BCUT2D eigenvalue weighted by Crippen LogP contribution is 2.68. The van der Waals surface area contributed by atoms with Gasteiger partial charge in [0.05, 0.1) is 37.1 Å². The van der Waals surface area contributed by atoms with Crippen LogP contribution in [-0.4, -0.2) is 181 Å². The summed E-state index contributed by atoms with van der Waals surface area (Å²) < 4.78 is 42.0. The number of methoxy groups -OCH3 is 1. The fourth-order valence-corrected chi connectivity index (χ4v) is 12.0.